The van der Waals surface area contributed by atoms with Crippen LogP contribution >= 0.6 is 11.3 Å². The molecule has 57 heavy (non-hydrogen) atoms. The van der Waals surface area contributed by atoms with Crippen LogP contribution in [0.25, 0.3) is 115 Å². The lowest BCUT2D eigenvalue weighted by Gasteiger charge is -2.10. The summed E-state index contributed by atoms with van der Waals surface area (Å²) >= 11 is 1.80. The summed E-state index contributed by atoms with van der Waals surface area (Å²) < 4.78 is 11.6. The van der Waals surface area contributed by atoms with E-state index in [4.69, 9.17) is 19.4 Å². The van der Waals surface area contributed by atoms with Crippen LogP contribution in [0, 0.1) is 0 Å². The van der Waals surface area contributed by atoms with Crippen molar-refractivity contribution in [3.8, 4) is 51.0 Å². The number of nitrogens with zero attached hydrogens (tertiary/aromatic N) is 4. The zero-order valence-corrected chi connectivity index (χ0v) is 31.2. The van der Waals surface area contributed by atoms with Gasteiger partial charge in [-0.15, -0.1) is 11.3 Å². The lowest BCUT2D eigenvalue weighted by molar-refractivity contribution is 0.666. The lowest BCUT2D eigenvalue weighted by atomic mass is 10.0. The average Bonchev–Trinajstić information content (AvgIpc) is 3.96. The number of hydrogen-bond donors (Lipinski definition) is 0. The van der Waals surface area contributed by atoms with Crippen molar-refractivity contribution in [2.75, 3.05) is 0 Å². The van der Waals surface area contributed by atoms with Gasteiger partial charge in [0.15, 0.2) is 23.1 Å². The molecule has 0 aliphatic carbocycles. The zero-order chi connectivity index (χ0) is 37.5. The Balaban J connectivity index is 1.09. The van der Waals surface area contributed by atoms with Gasteiger partial charge < -0.3 is 8.98 Å². The monoisotopic (exact) mass is 746 g/mol. The van der Waals surface area contributed by atoms with Gasteiger partial charge in [0.25, 0.3) is 0 Å². The van der Waals surface area contributed by atoms with E-state index in [0.29, 0.717) is 17.5 Å². The maximum Gasteiger partial charge on any atom is 0.164 e. The fourth-order valence-electron chi connectivity index (χ4n) is 8.53. The van der Waals surface area contributed by atoms with Gasteiger partial charge in [-0.25, -0.2) is 15.0 Å². The van der Waals surface area contributed by atoms with Crippen LogP contribution in [0.4, 0.5) is 0 Å². The van der Waals surface area contributed by atoms with E-state index >= 15 is 0 Å². The van der Waals surface area contributed by atoms with Crippen LogP contribution in [0.5, 0.6) is 0 Å². The molecule has 0 N–H and O–H groups in total. The summed E-state index contributed by atoms with van der Waals surface area (Å²) in [4.78, 5) is 15.7. The molecular formula is C51H30N4OS. The van der Waals surface area contributed by atoms with Crippen molar-refractivity contribution >= 4 is 75.3 Å². The number of aromatic nitrogens is 4. The third-order valence-corrected chi connectivity index (χ3v) is 12.2. The summed E-state index contributed by atoms with van der Waals surface area (Å²) in [6.45, 7) is 0. The molecule has 266 valence electrons. The molecule has 4 heterocycles. The van der Waals surface area contributed by atoms with Gasteiger partial charge in [0.05, 0.1) is 16.7 Å². The van der Waals surface area contributed by atoms with Gasteiger partial charge in [-0.3, -0.25) is 0 Å². The summed E-state index contributed by atoms with van der Waals surface area (Å²) in [5.41, 5.74) is 10.0. The third kappa shape index (κ3) is 4.98. The molecule has 8 aromatic carbocycles. The number of thiophene rings is 1. The van der Waals surface area contributed by atoms with E-state index in [2.05, 4.69) is 156 Å². The summed E-state index contributed by atoms with van der Waals surface area (Å²) in [6, 6.07) is 63.6. The van der Waals surface area contributed by atoms with E-state index < -0.39 is 0 Å². The molecule has 12 rings (SSSR count). The van der Waals surface area contributed by atoms with Gasteiger partial charge in [0, 0.05) is 58.4 Å². The third-order valence-electron chi connectivity index (χ3n) is 11.1. The molecule has 12 aromatic rings. The fourth-order valence-corrected chi connectivity index (χ4v) is 9.70. The molecule has 0 radical (unpaired) electrons. The minimum atomic E-state index is 0.595. The first-order valence-corrected chi connectivity index (χ1v) is 19.8. The molecule has 0 fully saturated rings. The van der Waals surface area contributed by atoms with E-state index in [-0.39, 0.29) is 0 Å². The van der Waals surface area contributed by atoms with Gasteiger partial charge in [-0.1, -0.05) is 146 Å². The van der Waals surface area contributed by atoms with Gasteiger partial charge in [0.2, 0.25) is 0 Å². The van der Waals surface area contributed by atoms with Crippen LogP contribution in [0.2, 0.25) is 0 Å². The van der Waals surface area contributed by atoms with Crippen LogP contribution < -0.4 is 0 Å². The van der Waals surface area contributed by atoms with Crippen molar-refractivity contribution < 1.29 is 4.42 Å². The summed E-state index contributed by atoms with van der Waals surface area (Å²) in [5, 5.41) is 6.73. The highest BCUT2D eigenvalue weighted by molar-refractivity contribution is 7.26. The maximum absolute atomic E-state index is 6.84. The van der Waals surface area contributed by atoms with E-state index in [9.17, 15) is 0 Å². The summed E-state index contributed by atoms with van der Waals surface area (Å²) in [6.07, 6.45) is 0. The predicted octanol–water partition coefficient (Wildman–Crippen LogP) is 13.9. The quantitative estimate of drug-likeness (QED) is 0.176. The van der Waals surface area contributed by atoms with Gasteiger partial charge >= 0.3 is 0 Å². The Kier molecular flexibility index (Phi) is 7.03. The highest BCUT2D eigenvalue weighted by atomic mass is 32.1. The second-order valence-corrected chi connectivity index (χ2v) is 15.4. The van der Waals surface area contributed by atoms with Crippen molar-refractivity contribution in [1.82, 2.24) is 19.5 Å². The summed E-state index contributed by atoms with van der Waals surface area (Å²) in [5.74, 6) is 1.85. The van der Waals surface area contributed by atoms with Crippen molar-refractivity contribution in [2.45, 2.75) is 0 Å². The molecule has 0 aliphatic heterocycles. The normalized spacial score (nSPS) is 11.9. The van der Waals surface area contributed by atoms with Crippen LogP contribution in [0.3, 0.4) is 0 Å². The molecule has 4 aromatic heterocycles. The van der Waals surface area contributed by atoms with Gasteiger partial charge in [-0.05, 0) is 47.5 Å². The highest BCUT2D eigenvalue weighted by Gasteiger charge is 2.22. The molecule has 0 bridgehead atoms. The van der Waals surface area contributed by atoms with Crippen molar-refractivity contribution in [1.29, 1.82) is 0 Å². The maximum atomic E-state index is 6.84. The predicted molar refractivity (Wildman–Crippen MR) is 236 cm³/mol. The van der Waals surface area contributed by atoms with Gasteiger partial charge in [-0.2, -0.15) is 0 Å². The number of furan rings is 1. The topological polar surface area (TPSA) is 56.7 Å². The lowest BCUT2D eigenvalue weighted by Crippen LogP contribution is -2.00. The van der Waals surface area contributed by atoms with Crippen molar-refractivity contribution in [2.24, 2.45) is 0 Å². The molecule has 0 saturated carbocycles. The Labute approximate surface area is 330 Å². The average molecular weight is 747 g/mol. The number of hydrogen-bond acceptors (Lipinski definition) is 5. The fraction of sp³-hybridized carbons (Fsp3) is 0. The molecule has 0 atom stereocenters. The second kappa shape index (κ2) is 12.6. The number of benzene rings is 8. The van der Waals surface area contributed by atoms with Crippen LogP contribution in [0.15, 0.2) is 186 Å². The minimum absolute atomic E-state index is 0.595. The largest absolute Gasteiger partial charge is 0.454 e. The van der Waals surface area contributed by atoms with Crippen LogP contribution in [-0.2, 0) is 0 Å². The first-order valence-electron chi connectivity index (χ1n) is 19.0. The van der Waals surface area contributed by atoms with Crippen LogP contribution in [0.1, 0.15) is 0 Å². The van der Waals surface area contributed by atoms with E-state index in [1.165, 1.54) is 36.7 Å². The Bertz CT molecular complexity index is 3470. The Morgan fingerprint density at radius 3 is 1.74 bits per heavy atom. The standard InChI is InChI=1S/C51H30N4OS/c1-3-14-31(15-4-1)33-28-29-36-45(30-33)57-44-27-13-22-39(47(36)44)51-53-49(32-16-5-2-6-17-32)52-50(54-51)38-21-12-26-43-46(38)37-20-11-25-42(48(37)56-43)55-40-23-9-7-18-34(40)35-19-8-10-24-41(35)55/h1-30H. The molecular weight excluding hydrogens is 717 g/mol. The van der Waals surface area contributed by atoms with E-state index in [1.807, 2.05) is 30.3 Å². The Morgan fingerprint density at radius 2 is 1.00 bits per heavy atom. The number of fused-ring (bicyclic) bond motifs is 9. The minimum Gasteiger partial charge on any atom is -0.454 e. The Hall–Kier alpha value is -7.41. The summed E-state index contributed by atoms with van der Waals surface area (Å²) in [7, 11) is 0. The number of para-hydroxylation sites is 3. The molecule has 0 spiro atoms. The van der Waals surface area contributed by atoms with Gasteiger partial charge in [0.1, 0.15) is 5.58 Å². The first-order chi connectivity index (χ1) is 28.3. The molecule has 5 nitrogen and oxygen atoms in total. The smallest absolute Gasteiger partial charge is 0.164 e. The molecule has 6 heteroatoms. The van der Waals surface area contributed by atoms with E-state index in [0.717, 1.165) is 60.7 Å². The number of rotatable bonds is 5. The Morgan fingerprint density at radius 1 is 0.404 bits per heavy atom. The van der Waals surface area contributed by atoms with Crippen molar-refractivity contribution in [3.05, 3.63) is 182 Å². The van der Waals surface area contributed by atoms with Crippen molar-refractivity contribution in [3.63, 3.8) is 0 Å². The zero-order valence-electron chi connectivity index (χ0n) is 30.4. The SMILES string of the molecule is c1ccc(-c2ccc3c(c2)sc2cccc(-c4nc(-c5ccccc5)nc(-c5cccc6oc7c(-n8c9ccccc9c9ccccc98)cccc7c56)n4)c23)cc1. The molecule has 0 unspecified atom stereocenters. The molecule has 0 aliphatic rings. The molecule has 0 amide bonds. The second-order valence-electron chi connectivity index (χ2n) is 14.3. The molecule has 0 saturated heterocycles. The first kappa shape index (κ1) is 31.9. The van der Waals surface area contributed by atoms with Crippen LogP contribution in [-0.4, -0.2) is 19.5 Å². The highest BCUT2D eigenvalue weighted by Crippen LogP contribution is 2.43. The van der Waals surface area contributed by atoms with E-state index in [1.54, 1.807) is 11.3 Å².